The van der Waals surface area contributed by atoms with Crippen molar-refractivity contribution in [2.45, 2.75) is 32.6 Å². The van der Waals surface area contributed by atoms with E-state index in [-0.39, 0.29) is 11.8 Å². The van der Waals surface area contributed by atoms with Gasteiger partial charge in [-0.15, -0.1) is 12.3 Å². The van der Waals surface area contributed by atoms with Crippen LogP contribution in [0.1, 0.15) is 31.4 Å². The number of pyridine rings is 1. The largest absolute Gasteiger partial charge is 0.338 e. The molecule has 1 fully saturated rings. The van der Waals surface area contributed by atoms with Gasteiger partial charge in [0, 0.05) is 54.6 Å². The Kier molecular flexibility index (Phi) is 7.29. The molecule has 0 radical (unpaired) electrons. The van der Waals surface area contributed by atoms with E-state index in [2.05, 4.69) is 55.6 Å². The number of hydrogen-bond donors (Lipinski definition) is 2. The van der Waals surface area contributed by atoms with Crippen LogP contribution in [-0.2, 0) is 9.59 Å². The molecule has 1 unspecified atom stereocenters. The number of anilines is 1. The molecule has 6 rings (SSSR count). The number of hydrogen-bond acceptors (Lipinski definition) is 5. The SMILES string of the molecule is C#CCC1(C(=O)Nc2ccc3[nH]nc(-c4ccnc(C)c4)c3c2)CCN(CC(=O)N2CC=C(C3=CCC=C3)CC2)C1. The summed E-state index contributed by atoms with van der Waals surface area (Å²) in [6.45, 7) is 4.69. The fourth-order valence-electron chi connectivity index (χ4n) is 6.11. The van der Waals surface area contributed by atoms with E-state index in [1.165, 1.54) is 11.1 Å². The number of H-pyrrole nitrogens is 1. The lowest BCUT2D eigenvalue weighted by Gasteiger charge is -2.30. The minimum Gasteiger partial charge on any atom is -0.338 e. The van der Waals surface area contributed by atoms with Crippen molar-refractivity contribution in [3.63, 3.8) is 0 Å². The number of aromatic nitrogens is 3. The van der Waals surface area contributed by atoms with Gasteiger partial charge >= 0.3 is 0 Å². The molecule has 0 saturated carbocycles. The van der Waals surface area contributed by atoms with Gasteiger partial charge in [0.2, 0.25) is 11.8 Å². The topological polar surface area (TPSA) is 94.2 Å². The number of terminal acetylenes is 1. The van der Waals surface area contributed by atoms with Gasteiger partial charge in [-0.1, -0.05) is 24.3 Å². The van der Waals surface area contributed by atoms with Crippen LogP contribution < -0.4 is 5.32 Å². The van der Waals surface area contributed by atoms with Crippen molar-refractivity contribution < 1.29 is 9.59 Å². The third-order valence-electron chi connectivity index (χ3n) is 8.41. The Bertz CT molecular complexity index is 1640. The predicted octanol–water partition coefficient (Wildman–Crippen LogP) is 4.63. The Morgan fingerprint density at radius 2 is 2.10 bits per heavy atom. The van der Waals surface area contributed by atoms with Gasteiger partial charge in [0.05, 0.1) is 17.5 Å². The number of nitrogens with one attached hydrogen (secondary N) is 2. The van der Waals surface area contributed by atoms with Crippen LogP contribution in [0.15, 0.2) is 72.0 Å². The van der Waals surface area contributed by atoms with Crippen molar-refractivity contribution in [2.75, 3.05) is 38.0 Å². The summed E-state index contributed by atoms with van der Waals surface area (Å²) in [5.74, 6) is 2.71. The molecule has 1 aliphatic carbocycles. The fraction of sp³-hybridized carbons (Fsp3) is 0.333. The molecule has 1 atom stereocenters. The number of likely N-dealkylation sites (tertiary alicyclic amines) is 1. The molecule has 3 aliphatic rings. The van der Waals surface area contributed by atoms with Gasteiger partial charge in [0.15, 0.2) is 0 Å². The molecule has 2 amide bonds. The van der Waals surface area contributed by atoms with Gasteiger partial charge in [-0.2, -0.15) is 5.10 Å². The first-order chi connectivity index (χ1) is 19.9. The molecular weight excluding hydrogens is 512 g/mol. The molecule has 2 aliphatic heterocycles. The number of carbonyl (C=O) groups excluding carboxylic acids is 2. The van der Waals surface area contributed by atoms with Gasteiger partial charge in [-0.25, -0.2) is 0 Å². The number of fused-ring (bicyclic) bond motifs is 1. The van der Waals surface area contributed by atoms with E-state index in [1.54, 1.807) is 6.20 Å². The monoisotopic (exact) mass is 546 g/mol. The highest BCUT2D eigenvalue weighted by atomic mass is 16.2. The summed E-state index contributed by atoms with van der Waals surface area (Å²) in [5.41, 5.74) is 6.10. The Hall–Kier alpha value is -4.48. The molecule has 0 spiro atoms. The summed E-state index contributed by atoms with van der Waals surface area (Å²) < 4.78 is 0. The van der Waals surface area contributed by atoms with Gasteiger partial charge in [-0.3, -0.25) is 24.6 Å². The molecule has 208 valence electrons. The highest BCUT2D eigenvalue weighted by Crippen LogP contribution is 2.36. The number of nitrogens with zero attached hydrogens (tertiary/aromatic N) is 4. The van der Waals surface area contributed by atoms with E-state index in [1.807, 2.05) is 42.2 Å². The summed E-state index contributed by atoms with van der Waals surface area (Å²) >= 11 is 0. The molecule has 2 aromatic heterocycles. The molecule has 4 heterocycles. The Morgan fingerprint density at radius 3 is 2.85 bits per heavy atom. The normalized spacial score (nSPS) is 20.6. The molecule has 8 nitrogen and oxygen atoms in total. The summed E-state index contributed by atoms with van der Waals surface area (Å²) in [5, 5.41) is 11.6. The van der Waals surface area contributed by atoms with Gasteiger partial charge in [-0.05, 0) is 74.2 Å². The molecule has 3 aromatic rings. The first-order valence-corrected chi connectivity index (χ1v) is 14.2. The standard InChI is InChI=1S/C33H34N6O2/c1-3-13-33(14-18-38(22-33)21-30(40)39-16-11-25(12-17-39)24-6-4-5-7-24)32(41)35-27-8-9-29-28(20-27)31(37-36-29)26-10-15-34-23(2)19-26/h1,4,6-11,15,19-20H,5,12-14,16-18,21-22H2,2H3,(H,35,41)(H,36,37). The molecule has 1 saturated heterocycles. The van der Waals surface area contributed by atoms with Crippen molar-refractivity contribution in [1.82, 2.24) is 25.0 Å². The lowest BCUT2D eigenvalue weighted by Crippen LogP contribution is -2.44. The van der Waals surface area contributed by atoms with Crippen LogP contribution in [0, 0.1) is 24.7 Å². The van der Waals surface area contributed by atoms with Crippen LogP contribution in [0.3, 0.4) is 0 Å². The minimum absolute atomic E-state index is 0.0949. The second-order valence-electron chi connectivity index (χ2n) is 11.2. The van der Waals surface area contributed by atoms with Crippen molar-refractivity contribution in [2.24, 2.45) is 5.41 Å². The van der Waals surface area contributed by atoms with E-state index >= 15 is 0 Å². The maximum atomic E-state index is 13.7. The smallest absolute Gasteiger partial charge is 0.237 e. The third kappa shape index (κ3) is 5.46. The maximum absolute atomic E-state index is 13.7. The minimum atomic E-state index is -0.748. The summed E-state index contributed by atoms with van der Waals surface area (Å²) in [7, 11) is 0. The Morgan fingerprint density at radius 1 is 1.20 bits per heavy atom. The summed E-state index contributed by atoms with van der Waals surface area (Å²) in [4.78, 5) is 35.1. The van der Waals surface area contributed by atoms with Crippen molar-refractivity contribution in [3.05, 3.63) is 77.7 Å². The zero-order valence-corrected chi connectivity index (χ0v) is 23.3. The molecule has 0 bridgehead atoms. The molecule has 8 heteroatoms. The third-order valence-corrected chi connectivity index (χ3v) is 8.41. The van der Waals surface area contributed by atoms with Crippen molar-refractivity contribution in [3.8, 4) is 23.6 Å². The number of amides is 2. The quantitative estimate of drug-likeness (QED) is 0.422. The van der Waals surface area contributed by atoms with Crippen molar-refractivity contribution in [1.29, 1.82) is 0 Å². The van der Waals surface area contributed by atoms with E-state index in [0.29, 0.717) is 44.7 Å². The van der Waals surface area contributed by atoms with Crippen LogP contribution in [-0.4, -0.2) is 69.5 Å². The molecule has 1 aromatic carbocycles. The number of carbonyl (C=O) groups is 2. The molecular formula is C33H34N6O2. The first-order valence-electron chi connectivity index (χ1n) is 14.2. The Labute approximate surface area is 240 Å². The lowest BCUT2D eigenvalue weighted by molar-refractivity contribution is -0.132. The van der Waals surface area contributed by atoms with Crippen LogP contribution >= 0.6 is 0 Å². The zero-order chi connectivity index (χ0) is 28.4. The zero-order valence-electron chi connectivity index (χ0n) is 23.3. The predicted molar refractivity (Wildman–Crippen MR) is 161 cm³/mol. The second kappa shape index (κ2) is 11.2. The number of aromatic amines is 1. The van der Waals surface area contributed by atoms with Crippen molar-refractivity contribution >= 4 is 28.4 Å². The number of aryl methyl sites for hydroxylation is 1. The van der Waals surface area contributed by atoms with Crippen LogP contribution in [0.4, 0.5) is 5.69 Å². The van der Waals surface area contributed by atoms with Gasteiger partial charge in [0.1, 0.15) is 5.69 Å². The number of allylic oxidation sites excluding steroid dienone is 4. The number of rotatable bonds is 7. The van der Waals surface area contributed by atoms with Crippen LogP contribution in [0.2, 0.25) is 0 Å². The first kappa shape index (κ1) is 26.7. The van der Waals surface area contributed by atoms with Crippen LogP contribution in [0.25, 0.3) is 22.2 Å². The Balaban J connectivity index is 1.12. The summed E-state index contributed by atoms with van der Waals surface area (Å²) in [6.07, 6.45) is 19.0. The van der Waals surface area contributed by atoms with E-state index in [0.717, 1.165) is 47.2 Å². The molecule has 2 N–H and O–H groups in total. The average Bonchev–Trinajstić information content (AvgIpc) is 3.74. The lowest BCUT2D eigenvalue weighted by atomic mass is 9.82. The number of benzene rings is 1. The fourth-order valence-corrected chi connectivity index (χ4v) is 6.11. The van der Waals surface area contributed by atoms with Gasteiger partial charge < -0.3 is 10.2 Å². The average molecular weight is 547 g/mol. The van der Waals surface area contributed by atoms with E-state index < -0.39 is 5.41 Å². The highest BCUT2D eigenvalue weighted by molar-refractivity contribution is 6.00. The highest BCUT2D eigenvalue weighted by Gasteiger charge is 2.44. The van der Waals surface area contributed by atoms with E-state index in [9.17, 15) is 9.59 Å². The second-order valence-corrected chi connectivity index (χ2v) is 11.2. The summed E-state index contributed by atoms with van der Waals surface area (Å²) in [6, 6.07) is 9.64. The van der Waals surface area contributed by atoms with Gasteiger partial charge in [0.25, 0.3) is 0 Å². The van der Waals surface area contributed by atoms with E-state index in [4.69, 9.17) is 6.42 Å². The molecule has 41 heavy (non-hydrogen) atoms. The van der Waals surface area contributed by atoms with Crippen LogP contribution in [0.5, 0.6) is 0 Å². The maximum Gasteiger partial charge on any atom is 0.237 e.